The molecule has 4 heteroatoms. The smallest absolute Gasteiger partial charge is 0.160 e. The normalized spacial score (nSPS) is 13.3. The minimum atomic E-state index is 0.706. The molecule has 2 aliphatic carbocycles. The molecule has 0 bridgehead atoms. The van der Waals surface area contributed by atoms with Gasteiger partial charge >= 0.3 is 0 Å². The number of hydrogen-bond acceptors (Lipinski definition) is 2. The highest BCUT2D eigenvalue weighted by Gasteiger charge is 2.23. The van der Waals surface area contributed by atoms with Crippen LogP contribution in [0.25, 0.3) is 90.4 Å². The Morgan fingerprint density at radius 2 is 1.00 bits per heavy atom. The number of benzene rings is 6. The quantitative estimate of drug-likeness (QED) is 0.172. The maximum atomic E-state index is 5.35. The van der Waals surface area contributed by atoms with E-state index in [1.807, 2.05) is 6.07 Å². The molecule has 3 aromatic heterocycles. The summed E-state index contributed by atoms with van der Waals surface area (Å²) in [5, 5.41) is 2.61. The van der Waals surface area contributed by atoms with E-state index >= 15 is 0 Å². The average molecular weight is 719 g/mol. The van der Waals surface area contributed by atoms with Gasteiger partial charge < -0.3 is 9.13 Å². The molecule has 3 heterocycles. The van der Waals surface area contributed by atoms with E-state index in [9.17, 15) is 0 Å². The Kier molecular flexibility index (Phi) is 7.73. The first kappa shape index (κ1) is 32.4. The summed E-state index contributed by atoms with van der Waals surface area (Å²) >= 11 is 0. The summed E-state index contributed by atoms with van der Waals surface area (Å²) < 4.78 is 4.96. The van der Waals surface area contributed by atoms with Gasteiger partial charge in [-0.2, -0.15) is 0 Å². The molecule has 0 amide bonds. The van der Waals surface area contributed by atoms with E-state index in [1.54, 1.807) is 0 Å². The molecule has 56 heavy (non-hydrogen) atoms. The lowest BCUT2D eigenvalue weighted by Gasteiger charge is -2.19. The van der Waals surface area contributed by atoms with Gasteiger partial charge in [0.15, 0.2) is 5.82 Å². The number of allylic oxidation sites excluding steroid dienone is 2. The summed E-state index contributed by atoms with van der Waals surface area (Å²) in [6.45, 7) is 0. The molecule has 0 saturated carbocycles. The van der Waals surface area contributed by atoms with Crippen molar-refractivity contribution in [1.82, 2.24) is 19.1 Å². The molecule has 6 aromatic carbocycles. The second kappa shape index (κ2) is 13.4. The van der Waals surface area contributed by atoms with Crippen molar-refractivity contribution < 1.29 is 0 Å². The maximum absolute atomic E-state index is 5.35. The summed E-state index contributed by atoms with van der Waals surface area (Å²) in [6.07, 6.45) is 13.4. The SMILES string of the molecule is C1=Cc2c(c3ccccc3n2-c2cc(-c3cc(-c4ccc(-c5ccccc5)cc4)nc(-c4ccccc4)n3)cc(-n3c4c(c5ccccc53)C=CCC4)c2)CC1. The summed E-state index contributed by atoms with van der Waals surface area (Å²) in [5.74, 6) is 0.706. The van der Waals surface area contributed by atoms with Crippen molar-refractivity contribution in [1.29, 1.82) is 0 Å². The molecule has 0 aliphatic heterocycles. The Morgan fingerprint density at radius 1 is 0.429 bits per heavy atom. The molecule has 0 radical (unpaired) electrons. The number of rotatable bonds is 6. The minimum absolute atomic E-state index is 0.706. The van der Waals surface area contributed by atoms with Gasteiger partial charge in [-0.3, -0.25) is 0 Å². The standard InChI is InChI=1S/C52H38N4/c1-3-15-35(16-4-1)36-27-29-37(30-28-36)46-34-47(54-52(53-46)38-17-5-2-6-18-38)39-31-40(55-48-23-11-7-19-42(48)43-20-8-12-24-49(43)55)33-41(32-39)56-50-25-13-9-21-44(50)45-22-10-14-26-51(45)56/h1-9,11,13-21,23,25-34H,10,12,22,24H2. The largest absolute Gasteiger partial charge is 0.313 e. The zero-order valence-corrected chi connectivity index (χ0v) is 30.9. The highest BCUT2D eigenvalue weighted by Crippen LogP contribution is 2.40. The predicted octanol–water partition coefficient (Wildman–Crippen LogP) is 13.0. The van der Waals surface area contributed by atoms with E-state index in [0.717, 1.165) is 65.1 Å². The Morgan fingerprint density at radius 3 is 1.77 bits per heavy atom. The molecular formula is C52H38N4. The average Bonchev–Trinajstić information content (AvgIpc) is 3.80. The highest BCUT2D eigenvalue weighted by atomic mass is 15.0. The van der Waals surface area contributed by atoms with Crippen molar-refractivity contribution in [2.24, 2.45) is 0 Å². The highest BCUT2D eigenvalue weighted by molar-refractivity contribution is 5.94. The van der Waals surface area contributed by atoms with Gasteiger partial charge in [0.1, 0.15) is 0 Å². The predicted molar refractivity (Wildman–Crippen MR) is 232 cm³/mol. The second-order valence-corrected chi connectivity index (χ2v) is 14.8. The fourth-order valence-corrected chi connectivity index (χ4v) is 8.86. The summed E-state index contributed by atoms with van der Waals surface area (Å²) in [5.41, 5.74) is 17.3. The van der Waals surface area contributed by atoms with Gasteiger partial charge in [0.05, 0.1) is 22.4 Å². The van der Waals surface area contributed by atoms with Crippen molar-refractivity contribution in [2.75, 3.05) is 0 Å². The molecule has 0 atom stereocenters. The van der Waals surface area contributed by atoms with Crippen LogP contribution in [0.2, 0.25) is 0 Å². The lowest BCUT2D eigenvalue weighted by atomic mass is 10.0. The third kappa shape index (κ3) is 5.45. The van der Waals surface area contributed by atoms with Crippen molar-refractivity contribution in [3.8, 4) is 56.4 Å². The van der Waals surface area contributed by atoms with E-state index in [1.165, 1.54) is 55.4 Å². The van der Waals surface area contributed by atoms with Crippen LogP contribution in [-0.2, 0) is 12.8 Å². The molecule has 2 aliphatic rings. The number of hydrogen-bond donors (Lipinski definition) is 0. The van der Waals surface area contributed by atoms with E-state index in [0.29, 0.717) is 5.82 Å². The van der Waals surface area contributed by atoms with Gasteiger partial charge in [0, 0.05) is 55.8 Å². The van der Waals surface area contributed by atoms with Crippen LogP contribution in [0.15, 0.2) is 170 Å². The first-order valence-electron chi connectivity index (χ1n) is 19.6. The zero-order valence-electron chi connectivity index (χ0n) is 30.9. The van der Waals surface area contributed by atoms with E-state index < -0.39 is 0 Å². The molecule has 0 saturated heterocycles. The van der Waals surface area contributed by atoms with Crippen molar-refractivity contribution >= 4 is 34.0 Å². The van der Waals surface area contributed by atoms with E-state index in [2.05, 4.69) is 185 Å². The van der Waals surface area contributed by atoms with Crippen molar-refractivity contribution in [3.63, 3.8) is 0 Å². The number of fused-ring (bicyclic) bond motifs is 6. The van der Waals surface area contributed by atoms with Gasteiger partial charge in [0.25, 0.3) is 0 Å². The summed E-state index contributed by atoms with van der Waals surface area (Å²) in [4.78, 5) is 10.6. The molecule has 0 spiro atoms. The lowest BCUT2D eigenvalue weighted by Crippen LogP contribution is -2.06. The fraction of sp³-hybridized carbons (Fsp3) is 0.0769. The van der Waals surface area contributed by atoms with Gasteiger partial charge in [-0.1, -0.05) is 140 Å². The number of para-hydroxylation sites is 2. The van der Waals surface area contributed by atoms with E-state index in [-0.39, 0.29) is 0 Å². The molecule has 11 rings (SSSR count). The zero-order chi connectivity index (χ0) is 37.0. The van der Waals surface area contributed by atoms with Crippen LogP contribution in [0.4, 0.5) is 0 Å². The van der Waals surface area contributed by atoms with Gasteiger partial charge in [0.2, 0.25) is 0 Å². The Hall–Kier alpha value is -7.04. The Balaban J connectivity index is 1.17. The van der Waals surface area contributed by atoms with Crippen LogP contribution in [0.5, 0.6) is 0 Å². The first-order chi connectivity index (χ1) is 27.8. The molecule has 0 N–H and O–H groups in total. The summed E-state index contributed by atoms with van der Waals surface area (Å²) in [6, 6.07) is 56.5. The second-order valence-electron chi connectivity index (χ2n) is 14.8. The minimum Gasteiger partial charge on any atom is -0.313 e. The Labute approximate surface area is 326 Å². The van der Waals surface area contributed by atoms with E-state index in [4.69, 9.17) is 9.97 Å². The van der Waals surface area contributed by atoms with Crippen LogP contribution in [-0.4, -0.2) is 19.1 Å². The number of aryl methyl sites for hydroxylation is 1. The monoisotopic (exact) mass is 718 g/mol. The van der Waals surface area contributed by atoms with Gasteiger partial charge in [-0.25, -0.2) is 9.97 Å². The molecule has 4 nitrogen and oxygen atoms in total. The topological polar surface area (TPSA) is 35.6 Å². The number of nitrogens with zero attached hydrogens (tertiary/aromatic N) is 4. The third-order valence-corrected chi connectivity index (χ3v) is 11.5. The molecule has 266 valence electrons. The molecule has 0 fully saturated rings. The lowest BCUT2D eigenvalue weighted by molar-refractivity contribution is 0.887. The molecule has 0 unspecified atom stereocenters. The van der Waals surface area contributed by atoms with Gasteiger partial charge in [-0.15, -0.1) is 0 Å². The van der Waals surface area contributed by atoms with Crippen LogP contribution in [0, 0.1) is 0 Å². The van der Waals surface area contributed by atoms with Crippen LogP contribution >= 0.6 is 0 Å². The third-order valence-electron chi connectivity index (χ3n) is 11.5. The number of aromatic nitrogens is 4. The molecular weight excluding hydrogens is 681 g/mol. The molecule has 9 aromatic rings. The van der Waals surface area contributed by atoms with Crippen molar-refractivity contribution in [3.05, 3.63) is 192 Å². The maximum Gasteiger partial charge on any atom is 0.160 e. The fourth-order valence-electron chi connectivity index (χ4n) is 8.86. The van der Waals surface area contributed by atoms with Crippen LogP contribution in [0.3, 0.4) is 0 Å². The van der Waals surface area contributed by atoms with Crippen LogP contribution in [0.1, 0.15) is 35.4 Å². The van der Waals surface area contributed by atoms with Gasteiger partial charge in [-0.05, 0) is 84.8 Å². The summed E-state index contributed by atoms with van der Waals surface area (Å²) in [7, 11) is 0. The Bertz CT molecular complexity index is 3000. The first-order valence-corrected chi connectivity index (χ1v) is 19.6. The van der Waals surface area contributed by atoms with Crippen molar-refractivity contribution in [2.45, 2.75) is 25.7 Å². The van der Waals surface area contributed by atoms with Crippen LogP contribution < -0.4 is 0 Å².